The average molecular weight is 448 g/mol. The van der Waals surface area contributed by atoms with Crippen LogP contribution >= 0.6 is 11.3 Å². The first-order valence-corrected chi connectivity index (χ1v) is 13.0. The van der Waals surface area contributed by atoms with Gasteiger partial charge in [-0.1, -0.05) is 74.2 Å². The molecule has 2 heterocycles. The molecule has 5 aromatic rings. The van der Waals surface area contributed by atoms with Crippen molar-refractivity contribution < 1.29 is 0 Å². The van der Waals surface area contributed by atoms with Gasteiger partial charge in [-0.2, -0.15) is 0 Å². The molecular formula is C31H29NS. The van der Waals surface area contributed by atoms with Gasteiger partial charge in [0.1, 0.15) is 0 Å². The third kappa shape index (κ3) is 3.77. The molecule has 0 aliphatic heterocycles. The number of nitrogens with zero attached hydrogens (tertiary/aromatic N) is 1. The van der Waals surface area contributed by atoms with Crippen LogP contribution in [0.5, 0.6) is 0 Å². The van der Waals surface area contributed by atoms with Gasteiger partial charge in [-0.25, -0.2) is 0 Å². The topological polar surface area (TPSA) is 12.9 Å². The van der Waals surface area contributed by atoms with E-state index >= 15 is 0 Å². The van der Waals surface area contributed by atoms with E-state index in [1.165, 1.54) is 85.7 Å². The lowest BCUT2D eigenvalue weighted by molar-refractivity contribution is 0.546. The number of hydrogen-bond donors (Lipinski definition) is 0. The zero-order chi connectivity index (χ0) is 22.4. The standard InChI is InChI=1S/C31H29NS/c1-20-7-5-8-21(2)30(20)24-13-14-25-26-11-6-12-27(31(26)33-29(25)19-24)28-18-23(15-16-32-28)17-22-9-3-4-10-22/h5-8,11-16,18-19,22H,3-4,9-10,17H2,1-2H3. The van der Waals surface area contributed by atoms with Crippen LogP contribution in [0.25, 0.3) is 42.6 Å². The highest BCUT2D eigenvalue weighted by Gasteiger charge is 2.17. The summed E-state index contributed by atoms with van der Waals surface area (Å²) in [5.41, 5.74) is 9.13. The fourth-order valence-corrected chi connectivity index (χ4v) is 6.99. The van der Waals surface area contributed by atoms with E-state index in [2.05, 4.69) is 80.6 Å². The van der Waals surface area contributed by atoms with Crippen molar-refractivity contribution >= 4 is 31.5 Å². The van der Waals surface area contributed by atoms with Crippen molar-refractivity contribution in [3.63, 3.8) is 0 Å². The Hall–Kier alpha value is -2.97. The van der Waals surface area contributed by atoms with Crippen molar-refractivity contribution in [3.8, 4) is 22.4 Å². The van der Waals surface area contributed by atoms with Crippen LogP contribution in [-0.4, -0.2) is 4.98 Å². The van der Waals surface area contributed by atoms with Gasteiger partial charge in [0.2, 0.25) is 0 Å². The number of hydrogen-bond acceptors (Lipinski definition) is 2. The van der Waals surface area contributed by atoms with Crippen LogP contribution in [0.4, 0.5) is 0 Å². The summed E-state index contributed by atoms with van der Waals surface area (Å²) in [6.07, 6.45) is 8.75. The Morgan fingerprint density at radius 2 is 1.64 bits per heavy atom. The molecule has 0 spiro atoms. The molecule has 1 aliphatic rings. The van der Waals surface area contributed by atoms with Crippen molar-refractivity contribution in [1.29, 1.82) is 0 Å². The molecule has 6 rings (SSSR count). The molecule has 0 unspecified atom stereocenters. The Balaban J connectivity index is 1.45. The minimum atomic E-state index is 0.851. The van der Waals surface area contributed by atoms with E-state index in [0.29, 0.717) is 0 Å². The summed E-state index contributed by atoms with van der Waals surface area (Å²) in [4.78, 5) is 4.80. The summed E-state index contributed by atoms with van der Waals surface area (Å²) < 4.78 is 2.69. The van der Waals surface area contributed by atoms with E-state index in [1.54, 1.807) is 0 Å². The normalized spacial score (nSPS) is 14.5. The summed E-state index contributed by atoms with van der Waals surface area (Å²) in [6, 6.07) is 24.8. The number of thiophene rings is 1. The number of aromatic nitrogens is 1. The van der Waals surface area contributed by atoms with Gasteiger partial charge in [-0.3, -0.25) is 4.98 Å². The van der Waals surface area contributed by atoms with Crippen LogP contribution in [-0.2, 0) is 6.42 Å². The van der Waals surface area contributed by atoms with E-state index in [0.717, 1.165) is 11.6 Å². The second-order valence-electron chi connectivity index (χ2n) is 9.67. The first-order chi connectivity index (χ1) is 16.2. The smallest absolute Gasteiger partial charge is 0.0719 e. The van der Waals surface area contributed by atoms with E-state index in [9.17, 15) is 0 Å². The molecule has 0 N–H and O–H groups in total. The highest BCUT2D eigenvalue weighted by atomic mass is 32.1. The molecule has 0 bridgehead atoms. The van der Waals surface area contributed by atoms with Gasteiger partial charge in [0.15, 0.2) is 0 Å². The van der Waals surface area contributed by atoms with Gasteiger partial charge >= 0.3 is 0 Å². The molecule has 1 nitrogen and oxygen atoms in total. The fourth-order valence-electron chi connectivity index (χ4n) is 5.72. The molecule has 2 aromatic heterocycles. The average Bonchev–Trinajstić information content (AvgIpc) is 3.46. The van der Waals surface area contributed by atoms with E-state index < -0.39 is 0 Å². The largest absolute Gasteiger partial charge is 0.256 e. The summed E-state index contributed by atoms with van der Waals surface area (Å²) in [6.45, 7) is 4.42. The predicted octanol–water partition coefficient (Wildman–Crippen LogP) is 9.13. The Morgan fingerprint density at radius 1 is 0.848 bits per heavy atom. The van der Waals surface area contributed by atoms with Gasteiger partial charge in [-0.15, -0.1) is 11.3 Å². The van der Waals surface area contributed by atoms with Gasteiger partial charge < -0.3 is 0 Å². The lowest BCUT2D eigenvalue weighted by Gasteiger charge is -2.10. The van der Waals surface area contributed by atoms with Crippen LogP contribution in [0, 0.1) is 19.8 Å². The maximum atomic E-state index is 4.80. The lowest BCUT2D eigenvalue weighted by atomic mass is 9.95. The van der Waals surface area contributed by atoms with Gasteiger partial charge in [0, 0.05) is 31.9 Å². The summed E-state index contributed by atoms with van der Waals surface area (Å²) in [5.74, 6) is 0.851. The molecule has 0 atom stereocenters. The Labute approximate surface area is 200 Å². The maximum absolute atomic E-state index is 4.80. The minimum Gasteiger partial charge on any atom is -0.256 e. The molecule has 1 saturated carbocycles. The van der Waals surface area contributed by atoms with Gasteiger partial charge in [-0.05, 0) is 72.2 Å². The van der Waals surface area contributed by atoms with Crippen molar-refractivity contribution in [2.24, 2.45) is 5.92 Å². The molecule has 0 saturated heterocycles. The number of rotatable bonds is 4. The highest BCUT2D eigenvalue weighted by Crippen LogP contribution is 2.41. The van der Waals surface area contributed by atoms with Crippen LogP contribution in [0.1, 0.15) is 42.4 Å². The third-order valence-corrected chi connectivity index (χ3v) is 8.57. The predicted molar refractivity (Wildman–Crippen MR) is 143 cm³/mol. The summed E-state index contributed by atoms with van der Waals surface area (Å²) in [5, 5.41) is 2.68. The molecule has 3 aromatic carbocycles. The van der Waals surface area contributed by atoms with Crippen molar-refractivity contribution in [2.45, 2.75) is 46.0 Å². The van der Waals surface area contributed by atoms with E-state index in [1.807, 2.05) is 17.5 Å². The Kier molecular flexibility index (Phi) is 5.27. The number of aryl methyl sites for hydroxylation is 2. The number of benzene rings is 3. The van der Waals surface area contributed by atoms with Crippen molar-refractivity contribution in [3.05, 3.63) is 89.6 Å². The van der Waals surface area contributed by atoms with Gasteiger partial charge in [0.05, 0.1) is 5.69 Å². The SMILES string of the molecule is Cc1cccc(C)c1-c1ccc2c(c1)sc1c(-c3cc(CC4CCCC4)ccn3)cccc12. The monoisotopic (exact) mass is 447 g/mol. The Bertz CT molecular complexity index is 1450. The zero-order valence-electron chi connectivity index (χ0n) is 19.4. The molecule has 2 heteroatoms. The molecule has 1 fully saturated rings. The molecule has 0 radical (unpaired) electrons. The van der Waals surface area contributed by atoms with Crippen LogP contribution in [0.15, 0.2) is 72.9 Å². The second kappa shape index (κ2) is 8.43. The minimum absolute atomic E-state index is 0.851. The Morgan fingerprint density at radius 3 is 2.45 bits per heavy atom. The van der Waals surface area contributed by atoms with Gasteiger partial charge in [0.25, 0.3) is 0 Å². The van der Waals surface area contributed by atoms with Crippen molar-refractivity contribution in [1.82, 2.24) is 4.98 Å². The van der Waals surface area contributed by atoms with Crippen LogP contribution < -0.4 is 0 Å². The maximum Gasteiger partial charge on any atom is 0.0719 e. The third-order valence-electron chi connectivity index (χ3n) is 7.37. The van der Waals surface area contributed by atoms with Crippen LogP contribution in [0.2, 0.25) is 0 Å². The number of fused-ring (bicyclic) bond motifs is 3. The second-order valence-corrected chi connectivity index (χ2v) is 10.7. The van der Waals surface area contributed by atoms with E-state index in [4.69, 9.17) is 4.98 Å². The lowest BCUT2D eigenvalue weighted by Crippen LogP contribution is -1.99. The summed E-state index contributed by atoms with van der Waals surface area (Å²) in [7, 11) is 0. The first kappa shape index (κ1) is 20.6. The first-order valence-electron chi connectivity index (χ1n) is 12.1. The van der Waals surface area contributed by atoms with E-state index in [-0.39, 0.29) is 0 Å². The molecule has 1 aliphatic carbocycles. The molecule has 164 valence electrons. The quantitative estimate of drug-likeness (QED) is 0.268. The molecule has 33 heavy (non-hydrogen) atoms. The van der Waals surface area contributed by atoms with Crippen LogP contribution in [0.3, 0.4) is 0 Å². The zero-order valence-corrected chi connectivity index (χ0v) is 20.2. The highest BCUT2D eigenvalue weighted by molar-refractivity contribution is 7.26. The fraction of sp³-hybridized carbons (Fsp3) is 0.258. The summed E-state index contributed by atoms with van der Waals surface area (Å²) >= 11 is 1.90. The van der Waals surface area contributed by atoms with Crippen molar-refractivity contribution in [2.75, 3.05) is 0 Å². The number of pyridine rings is 1. The molecular weight excluding hydrogens is 418 g/mol. The molecule has 0 amide bonds.